The maximum Gasteiger partial charge on any atom is 0.0435 e. The Morgan fingerprint density at radius 1 is 1.29 bits per heavy atom. The second-order valence-corrected chi connectivity index (χ2v) is 4.88. The third-order valence-electron chi connectivity index (χ3n) is 3.32. The Kier molecular flexibility index (Phi) is 4.35. The molecular formula is C11H24N2O. The van der Waals surface area contributed by atoms with Crippen LogP contribution in [0.4, 0.5) is 0 Å². The number of rotatable bonds is 6. The van der Waals surface area contributed by atoms with Crippen molar-refractivity contribution in [3.05, 3.63) is 0 Å². The lowest BCUT2D eigenvalue weighted by atomic mass is 9.80. The third-order valence-corrected chi connectivity index (χ3v) is 3.32. The Hall–Kier alpha value is -0.120. The van der Waals surface area contributed by atoms with E-state index in [0.717, 1.165) is 32.5 Å². The van der Waals surface area contributed by atoms with E-state index >= 15 is 0 Å². The lowest BCUT2D eigenvalue weighted by Crippen LogP contribution is -2.69. The number of aliphatic hydroxyl groups is 1. The van der Waals surface area contributed by atoms with Crippen LogP contribution in [0, 0.1) is 5.92 Å². The van der Waals surface area contributed by atoms with Crippen molar-refractivity contribution in [2.45, 2.75) is 38.6 Å². The van der Waals surface area contributed by atoms with Crippen molar-refractivity contribution < 1.29 is 5.11 Å². The van der Waals surface area contributed by atoms with E-state index in [4.69, 9.17) is 10.8 Å². The van der Waals surface area contributed by atoms with E-state index in [-0.39, 0.29) is 5.54 Å². The van der Waals surface area contributed by atoms with E-state index in [1.54, 1.807) is 0 Å². The summed E-state index contributed by atoms with van der Waals surface area (Å²) in [5.74, 6) is 0.580. The predicted octanol–water partition coefficient (Wildman–Crippen LogP) is 0.818. The first-order valence-corrected chi connectivity index (χ1v) is 5.70. The van der Waals surface area contributed by atoms with Gasteiger partial charge in [-0.05, 0) is 31.7 Å². The molecule has 1 fully saturated rings. The van der Waals surface area contributed by atoms with E-state index in [0.29, 0.717) is 12.5 Å². The van der Waals surface area contributed by atoms with Gasteiger partial charge in [-0.3, -0.25) is 4.90 Å². The second-order valence-electron chi connectivity index (χ2n) is 4.88. The number of nitrogens with zero attached hydrogens (tertiary/aromatic N) is 1. The molecule has 3 N–H and O–H groups in total. The highest BCUT2D eigenvalue weighted by molar-refractivity contribution is 5.01. The van der Waals surface area contributed by atoms with Crippen LogP contribution < -0.4 is 5.73 Å². The molecule has 0 amide bonds. The first-order chi connectivity index (χ1) is 6.58. The molecule has 0 aromatic rings. The molecule has 0 bridgehead atoms. The van der Waals surface area contributed by atoms with E-state index in [1.807, 2.05) is 0 Å². The lowest BCUT2D eigenvalue weighted by molar-refractivity contribution is 0.0364. The smallest absolute Gasteiger partial charge is 0.0435 e. The average Bonchev–Trinajstić information content (AvgIpc) is 2.08. The van der Waals surface area contributed by atoms with Gasteiger partial charge >= 0.3 is 0 Å². The second kappa shape index (κ2) is 5.10. The summed E-state index contributed by atoms with van der Waals surface area (Å²) < 4.78 is 0. The van der Waals surface area contributed by atoms with Crippen molar-refractivity contribution in [1.29, 1.82) is 0 Å². The summed E-state index contributed by atoms with van der Waals surface area (Å²) in [4.78, 5) is 2.41. The zero-order chi connectivity index (χ0) is 10.6. The van der Waals surface area contributed by atoms with Crippen LogP contribution in [0.25, 0.3) is 0 Å². The average molecular weight is 200 g/mol. The van der Waals surface area contributed by atoms with Gasteiger partial charge in [-0.1, -0.05) is 13.8 Å². The molecule has 0 spiro atoms. The molecule has 0 aliphatic carbocycles. The quantitative estimate of drug-likeness (QED) is 0.624. The third kappa shape index (κ3) is 2.94. The molecule has 0 unspecified atom stereocenters. The van der Waals surface area contributed by atoms with Crippen molar-refractivity contribution in [3.63, 3.8) is 0 Å². The number of unbranched alkanes of at least 4 members (excludes halogenated alkanes) is 2. The number of likely N-dealkylation sites (tertiary alicyclic amines) is 1. The zero-order valence-corrected chi connectivity index (χ0v) is 9.50. The molecule has 0 radical (unpaired) electrons. The maximum atomic E-state index is 8.62. The number of hydrogen-bond donors (Lipinski definition) is 2. The van der Waals surface area contributed by atoms with E-state index in [9.17, 15) is 0 Å². The van der Waals surface area contributed by atoms with Gasteiger partial charge in [0.25, 0.3) is 0 Å². The van der Waals surface area contributed by atoms with Crippen LogP contribution in [-0.4, -0.2) is 41.8 Å². The van der Waals surface area contributed by atoms with Gasteiger partial charge < -0.3 is 10.8 Å². The zero-order valence-electron chi connectivity index (χ0n) is 9.50. The Morgan fingerprint density at radius 2 is 1.93 bits per heavy atom. The largest absolute Gasteiger partial charge is 0.396 e. The molecule has 1 heterocycles. The van der Waals surface area contributed by atoms with Crippen molar-refractivity contribution in [1.82, 2.24) is 4.90 Å². The number of hydrogen-bond acceptors (Lipinski definition) is 3. The Balaban J connectivity index is 2.04. The standard InChI is InChI=1S/C11H24N2O/c1-10(2)11(12)8-13(9-11)6-4-3-5-7-14/h10,14H,3-9,12H2,1-2H3. The molecule has 1 aliphatic rings. The van der Waals surface area contributed by atoms with Gasteiger partial charge in [-0.2, -0.15) is 0 Å². The Bertz CT molecular complexity index is 165. The van der Waals surface area contributed by atoms with Gasteiger partial charge in [0.15, 0.2) is 0 Å². The van der Waals surface area contributed by atoms with Crippen LogP contribution in [0.3, 0.4) is 0 Å². The monoisotopic (exact) mass is 200 g/mol. The van der Waals surface area contributed by atoms with Gasteiger partial charge in [-0.15, -0.1) is 0 Å². The molecule has 14 heavy (non-hydrogen) atoms. The number of aliphatic hydroxyl groups excluding tert-OH is 1. The fourth-order valence-electron chi connectivity index (χ4n) is 1.93. The molecule has 1 aliphatic heterocycles. The van der Waals surface area contributed by atoms with Gasteiger partial charge in [0.05, 0.1) is 0 Å². The fourth-order valence-corrected chi connectivity index (χ4v) is 1.93. The molecule has 84 valence electrons. The van der Waals surface area contributed by atoms with E-state index in [1.165, 1.54) is 6.42 Å². The molecule has 0 atom stereocenters. The molecule has 3 nitrogen and oxygen atoms in total. The van der Waals surface area contributed by atoms with Crippen molar-refractivity contribution in [2.75, 3.05) is 26.2 Å². The first-order valence-electron chi connectivity index (χ1n) is 5.70. The first kappa shape index (κ1) is 12.0. The molecule has 0 aromatic carbocycles. The van der Waals surface area contributed by atoms with Gasteiger partial charge in [0.2, 0.25) is 0 Å². The van der Waals surface area contributed by atoms with Crippen LogP contribution in [0.15, 0.2) is 0 Å². The van der Waals surface area contributed by atoms with Crippen LogP contribution in [0.5, 0.6) is 0 Å². The lowest BCUT2D eigenvalue weighted by Gasteiger charge is -2.50. The van der Waals surface area contributed by atoms with E-state index in [2.05, 4.69) is 18.7 Å². The van der Waals surface area contributed by atoms with Crippen molar-refractivity contribution in [3.8, 4) is 0 Å². The SMILES string of the molecule is CC(C)C1(N)CN(CCCCCO)C1. The highest BCUT2D eigenvalue weighted by atomic mass is 16.2. The minimum atomic E-state index is 0.0664. The van der Waals surface area contributed by atoms with Crippen LogP contribution >= 0.6 is 0 Å². The number of nitrogens with two attached hydrogens (primary N) is 1. The fraction of sp³-hybridized carbons (Fsp3) is 1.00. The minimum Gasteiger partial charge on any atom is -0.396 e. The van der Waals surface area contributed by atoms with Crippen LogP contribution in [0.2, 0.25) is 0 Å². The molecule has 0 aromatic heterocycles. The van der Waals surface area contributed by atoms with Gasteiger partial charge in [0, 0.05) is 25.2 Å². The summed E-state index contributed by atoms with van der Waals surface area (Å²) in [5, 5.41) is 8.62. The molecule has 3 heteroatoms. The topological polar surface area (TPSA) is 49.5 Å². The summed E-state index contributed by atoms with van der Waals surface area (Å²) in [6, 6.07) is 0. The van der Waals surface area contributed by atoms with Crippen molar-refractivity contribution >= 4 is 0 Å². The summed E-state index contributed by atoms with van der Waals surface area (Å²) in [6.45, 7) is 7.96. The van der Waals surface area contributed by atoms with E-state index < -0.39 is 0 Å². The highest BCUT2D eigenvalue weighted by Crippen LogP contribution is 2.26. The molecule has 1 saturated heterocycles. The normalized spacial score (nSPS) is 21.2. The Morgan fingerprint density at radius 3 is 2.43 bits per heavy atom. The molecule has 1 rings (SSSR count). The van der Waals surface area contributed by atoms with Crippen LogP contribution in [-0.2, 0) is 0 Å². The molecule has 0 saturated carbocycles. The van der Waals surface area contributed by atoms with Gasteiger partial charge in [-0.25, -0.2) is 0 Å². The summed E-state index contributed by atoms with van der Waals surface area (Å²) >= 11 is 0. The Labute approximate surface area is 87.3 Å². The molecular weight excluding hydrogens is 176 g/mol. The summed E-state index contributed by atoms with van der Waals surface area (Å²) in [5.41, 5.74) is 6.25. The van der Waals surface area contributed by atoms with Gasteiger partial charge in [0.1, 0.15) is 0 Å². The van der Waals surface area contributed by atoms with Crippen LogP contribution in [0.1, 0.15) is 33.1 Å². The van der Waals surface area contributed by atoms with Crippen molar-refractivity contribution in [2.24, 2.45) is 11.7 Å². The highest BCUT2D eigenvalue weighted by Gasteiger charge is 2.41. The summed E-state index contributed by atoms with van der Waals surface area (Å²) in [6.07, 6.45) is 3.26. The predicted molar refractivity (Wildman–Crippen MR) is 59.1 cm³/mol. The maximum absolute atomic E-state index is 8.62. The summed E-state index contributed by atoms with van der Waals surface area (Å²) in [7, 11) is 0. The minimum absolute atomic E-state index is 0.0664.